The first-order valence-corrected chi connectivity index (χ1v) is 5.92. The first-order valence-electron chi connectivity index (χ1n) is 5.92. The summed E-state index contributed by atoms with van der Waals surface area (Å²) < 4.78 is 0. The Bertz CT molecular complexity index is 244. The molecule has 0 aromatic carbocycles. The zero-order valence-corrected chi connectivity index (χ0v) is 11.0. The Morgan fingerprint density at radius 3 is 1.93 bits per heavy atom. The zero-order valence-electron chi connectivity index (χ0n) is 11.0. The lowest BCUT2D eigenvalue weighted by Gasteiger charge is -2.45. The summed E-state index contributed by atoms with van der Waals surface area (Å²) in [4.78, 5) is 12.0. The van der Waals surface area contributed by atoms with Gasteiger partial charge < -0.3 is 5.32 Å². The first kappa shape index (κ1) is 12.5. The molecule has 1 heterocycles. The number of carbonyl (C=O) groups excluding carboxylic acids is 1. The van der Waals surface area contributed by atoms with Crippen LogP contribution >= 0.6 is 0 Å². The number of nitrogens with one attached hydrogen (secondary N) is 1. The first-order chi connectivity index (χ1) is 6.64. The number of amides is 1. The Balaban J connectivity index is 2.98. The number of carbonyl (C=O) groups is 1. The molecular formula is C13H25NO. The van der Waals surface area contributed by atoms with Gasteiger partial charge in [-0.25, -0.2) is 0 Å². The standard InChI is InChI=1S/C13H25NO/c1-12(2,3)9-7-8-14-11(15)10(9)13(4,5)6/h9-10H,7-8H2,1-6H3,(H,14,15). The monoisotopic (exact) mass is 211 g/mol. The predicted octanol–water partition coefficient (Wildman–Crippen LogP) is 2.83. The molecule has 2 heteroatoms. The third kappa shape index (κ3) is 2.73. The number of hydrogen-bond donors (Lipinski definition) is 1. The van der Waals surface area contributed by atoms with Crippen LogP contribution in [-0.2, 0) is 4.79 Å². The molecule has 1 aliphatic rings. The maximum atomic E-state index is 12.0. The van der Waals surface area contributed by atoms with Crippen molar-refractivity contribution in [3.63, 3.8) is 0 Å². The molecule has 2 atom stereocenters. The van der Waals surface area contributed by atoms with Crippen LogP contribution in [-0.4, -0.2) is 12.5 Å². The van der Waals surface area contributed by atoms with Gasteiger partial charge >= 0.3 is 0 Å². The summed E-state index contributed by atoms with van der Waals surface area (Å²) in [6.07, 6.45) is 1.11. The van der Waals surface area contributed by atoms with Crippen LogP contribution in [0.25, 0.3) is 0 Å². The molecule has 1 fully saturated rings. The highest BCUT2D eigenvalue weighted by molar-refractivity contribution is 5.80. The second kappa shape index (κ2) is 3.80. The summed E-state index contributed by atoms with van der Waals surface area (Å²) in [5, 5.41) is 3.00. The van der Waals surface area contributed by atoms with Crippen LogP contribution in [0.5, 0.6) is 0 Å². The molecule has 88 valence electrons. The molecule has 1 N–H and O–H groups in total. The highest BCUT2D eigenvalue weighted by Crippen LogP contribution is 2.44. The van der Waals surface area contributed by atoms with Crippen molar-refractivity contribution < 1.29 is 4.79 Å². The molecule has 1 aliphatic heterocycles. The van der Waals surface area contributed by atoms with E-state index >= 15 is 0 Å². The van der Waals surface area contributed by atoms with Crippen LogP contribution in [0, 0.1) is 22.7 Å². The molecule has 0 bridgehead atoms. The summed E-state index contributed by atoms with van der Waals surface area (Å²) in [5.74, 6) is 0.881. The minimum absolute atomic E-state index is 0.0580. The van der Waals surface area contributed by atoms with Crippen LogP contribution in [0.3, 0.4) is 0 Å². The molecule has 2 nitrogen and oxygen atoms in total. The zero-order chi connectivity index (χ0) is 11.9. The van der Waals surface area contributed by atoms with Crippen molar-refractivity contribution in [1.82, 2.24) is 5.32 Å². The lowest BCUT2D eigenvalue weighted by atomic mass is 9.61. The molecule has 0 aromatic rings. The fourth-order valence-corrected chi connectivity index (χ4v) is 2.74. The molecule has 1 saturated heterocycles. The van der Waals surface area contributed by atoms with Crippen molar-refractivity contribution >= 4 is 5.91 Å². The van der Waals surface area contributed by atoms with E-state index in [0.717, 1.165) is 13.0 Å². The van der Waals surface area contributed by atoms with E-state index in [4.69, 9.17) is 0 Å². The molecule has 0 spiro atoms. The molecule has 0 aliphatic carbocycles. The van der Waals surface area contributed by atoms with Crippen molar-refractivity contribution in [2.75, 3.05) is 6.54 Å². The number of piperidine rings is 1. The molecular weight excluding hydrogens is 186 g/mol. The Labute approximate surface area is 93.8 Å². The highest BCUT2D eigenvalue weighted by Gasteiger charge is 2.44. The average Bonchev–Trinajstić information content (AvgIpc) is 1.99. The Hall–Kier alpha value is -0.530. The maximum absolute atomic E-state index is 12.0. The van der Waals surface area contributed by atoms with E-state index < -0.39 is 0 Å². The second-order valence-corrected chi connectivity index (χ2v) is 6.90. The van der Waals surface area contributed by atoms with Crippen LogP contribution in [0.15, 0.2) is 0 Å². The van der Waals surface area contributed by atoms with E-state index in [0.29, 0.717) is 5.92 Å². The van der Waals surface area contributed by atoms with Gasteiger partial charge in [0.15, 0.2) is 0 Å². The summed E-state index contributed by atoms with van der Waals surface area (Å²) in [7, 11) is 0. The lowest BCUT2D eigenvalue weighted by Crippen LogP contribution is -2.51. The molecule has 0 radical (unpaired) electrons. The maximum Gasteiger partial charge on any atom is 0.223 e. The SMILES string of the molecule is CC(C)(C)C1CCNC(=O)C1C(C)(C)C. The van der Waals surface area contributed by atoms with Crippen molar-refractivity contribution in [2.45, 2.75) is 48.0 Å². The van der Waals surface area contributed by atoms with E-state index in [1.54, 1.807) is 0 Å². The van der Waals surface area contributed by atoms with Gasteiger partial charge in [-0.1, -0.05) is 41.5 Å². The van der Waals surface area contributed by atoms with Crippen molar-refractivity contribution in [3.05, 3.63) is 0 Å². The van der Waals surface area contributed by atoms with E-state index in [2.05, 4.69) is 46.9 Å². The van der Waals surface area contributed by atoms with Gasteiger partial charge in [-0.15, -0.1) is 0 Å². The second-order valence-electron chi connectivity index (χ2n) is 6.90. The van der Waals surface area contributed by atoms with Crippen molar-refractivity contribution in [3.8, 4) is 0 Å². The number of hydrogen-bond acceptors (Lipinski definition) is 1. The van der Waals surface area contributed by atoms with Gasteiger partial charge in [0, 0.05) is 12.5 Å². The Morgan fingerprint density at radius 1 is 1.07 bits per heavy atom. The fraction of sp³-hybridized carbons (Fsp3) is 0.923. The van der Waals surface area contributed by atoms with Gasteiger partial charge in [-0.2, -0.15) is 0 Å². The van der Waals surface area contributed by atoms with Crippen LogP contribution in [0.4, 0.5) is 0 Å². The van der Waals surface area contributed by atoms with E-state index in [1.165, 1.54) is 0 Å². The molecule has 0 saturated carbocycles. The third-order valence-electron chi connectivity index (χ3n) is 3.48. The molecule has 0 aromatic heterocycles. The van der Waals surface area contributed by atoms with Gasteiger partial charge in [0.05, 0.1) is 0 Å². The van der Waals surface area contributed by atoms with Crippen LogP contribution < -0.4 is 5.32 Å². The van der Waals surface area contributed by atoms with E-state index in [-0.39, 0.29) is 22.7 Å². The fourth-order valence-electron chi connectivity index (χ4n) is 2.74. The van der Waals surface area contributed by atoms with E-state index in [1.807, 2.05) is 0 Å². The predicted molar refractivity (Wildman–Crippen MR) is 63.5 cm³/mol. The molecule has 1 rings (SSSR count). The quantitative estimate of drug-likeness (QED) is 0.656. The van der Waals surface area contributed by atoms with Crippen LogP contribution in [0.1, 0.15) is 48.0 Å². The van der Waals surface area contributed by atoms with Crippen LogP contribution in [0.2, 0.25) is 0 Å². The minimum Gasteiger partial charge on any atom is -0.356 e. The number of rotatable bonds is 0. The summed E-state index contributed by atoms with van der Waals surface area (Å²) in [5.41, 5.74) is 0.276. The van der Waals surface area contributed by atoms with Gasteiger partial charge in [-0.05, 0) is 23.2 Å². The molecule has 15 heavy (non-hydrogen) atoms. The van der Waals surface area contributed by atoms with Gasteiger partial charge in [0.2, 0.25) is 5.91 Å². The average molecular weight is 211 g/mol. The molecule has 2 unspecified atom stereocenters. The summed E-state index contributed by atoms with van der Waals surface area (Å²) in [6.45, 7) is 14.1. The summed E-state index contributed by atoms with van der Waals surface area (Å²) >= 11 is 0. The largest absolute Gasteiger partial charge is 0.356 e. The van der Waals surface area contributed by atoms with E-state index in [9.17, 15) is 4.79 Å². The topological polar surface area (TPSA) is 29.1 Å². The highest BCUT2D eigenvalue weighted by atomic mass is 16.2. The van der Waals surface area contributed by atoms with Gasteiger partial charge in [0.1, 0.15) is 0 Å². The normalized spacial score (nSPS) is 28.8. The van der Waals surface area contributed by atoms with Crippen molar-refractivity contribution in [2.24, 2.45) is 22.7 Å². The van der Waals surface area contributed by atoms with Gasteiger partial charge in [0.25, 0.3) is 0 Å². The van der Waals surface area contributed by atoms with Gasteiger partial charge in [-0.3, -0.25) is 4.79 Å². The Morgan fingerprint density at radius 2 is 1.60 bits per heavy atom. The molecule has 1 amide bonds. The smallest absolute Gasteiger partial charge is 0.223 e. The Kier molecular flexibility index (Phi) is 3.18. The lowest BCUT2D eigenvalue weighted by molar-refractivity contribution is -0.136. The summed E-state index contributed by atoms with van der Waals surface area (Å²) in [6, 6.07) is 0. The third-order valence-corrected chi connectivity index (χ3v) is 3.48. The van der Waals surface area contributed by atoms with Crippen molar-refractivity contribution in [1.29, 1.82) is 0 Å². The minimum atomic E-state index is 0.0580.